The zero-order chi connectivity index (χ0) is 17.1. The molecule has 0 spiro atoms. The lowest BCUT2D eigenvalue weighted by atomic mass is 10.1. The van der Waals surface area contributed by atoms with Gasteiger partial charge in [-0.3, -0.25) is 9.89 Å². The molecule has 122 valence electrons. The molecule has 24 heavy (non-hydrogen) atoms. The van der Waals surface area contributed by atoms with Crippen LogP contribution in [-0.2, 0) is 6.54 Å². The fourth-order valence-corrected chi connectivity index (χ4v) is 2.16. The highest BCUT2D eigenvalue weighted by atomic mass is 19.1. The number of nitrogens with one attached hydrogen (secondary N) is 2. The Balaban J connectivity index is 1.67. The molecule has 2 N–H and O–H groups in total. The summed E-state index contributed by atoms with van der Waals surface area (Å²) in [5, 5.41) is 9.35. The second-order valence-corrected chi connectivity index (χ2v) is 5.31. The summed E-state index contributed by atoms with van der Waals surface area (Å²) in [6, 6.07) is 10.3. The highest BCUT2D eigenvalue weighted by molar-refractivity contribution is 5.94. The quantitative estimate of drug-likeness (QED) is 0.773. The van der Waals surface area contributed by atoms with Crippen molar-refractivity contribution in [2.75, 3.05) is 0 Å². The summed E-state index contributed by atoms with van der Waals surface area (Å²) < 4.78 is 26.2. The fraction of sp³-hybridized carbons (Fsp3) is 0.118. The standard InChI is InChI=1S/C17H14F2N4O/c1-10-2-4-11(5-3-10)16-21-15(22-23-16)9-20-17(24)12-6-13(18)8-14(19)7-12/h2-8H,9H2,1H3,(H,20,24)(H,21,22,23). The van der Waals surface area contributed by atoms with E-state index in [1.807, 2.05) is 31.2 Å². The molecule has 0 fully saturated rings. The molecule has 0 unspecified atom stereocenters. The fourth-order valence-electron chi connectivity index (χ4n) is 2.16. The number of hydrogen-bond acceptors (Lipinski definition) is 3. The van der Waals surface area contributed by atoms with Gasteiger partial charge in [0.2, 0.25) is 0 Å². The molecule has 0 aliphatic heterocycles. The number of halogens is 2. The van der Waals surface area contributed by atoms with Gasteiger partial charge in [0.05, 0.1) is 6.54 Å². The molecule has 0 atom stereocenters. The van der Waals surface area contributed by atoms with Crippen LogP contribution in [0.2, 0.25) is 0 Å². The van der Waals surface area contributed by atoms with E-state index in [1.165, 1.54) is 0 Å². The van der Waals surface area contributed by atoms with Gasteiger partial charge >= 0.3 is 0 Å². The number of benzene rings is 2. The number of rotatable bonds is 4. The van der Waals surface area contributed by atoms with Gasteiger partial charge in [-0.05, 0) is 19.1 Å². The molecule has 0 radical (unpaired) electrons. The molecule has 0 aliphatic carbocycles. The zero-order valence-corrected chi connectivity index (χ0v) is 12.8. The molecule has 1 heterocycles. The Hall–Kier alpha value is -3.09. The summed E-state index contributed by atoms with van der Waals surface area (Å²) in [5.74, 6) is -1.25. The topological polar surface area (TPSA) is 70.7 Å². The SMILES string of the molecule is Cc1ccc(-c2n[nH]c(CNC(=O)c3cc(F)cc(F)c3)n2)cc1. The Kier molecular flexibility index (Phi) is 4.33. The first kappa shape index (κ1) is 15.8. The largest absolute Gasteiger partial charge is 0.345 e. The number of nitrogens with zero attached hydrogens (tertiary/aromatic N) is 2. The third kappa shape index (κ3) is 3.62. The van der Waals surface area contributed by atoms with Crippen molar-refractivity contribution in [3.63, 3.8) is 0 Å². The van der Waals surface area contributed by atoms with Crippen molar-refractivity contribution < 1.29 is 13.6 Å². The Morgan fingerprint density at radius 3 is 2.46 bits per heavy atom. The maximum atomic E-state index is 13.1. The second-order valence-electron chi connectivity index (χ2n) is 5.31. The number of carbonyl (C=O) groups excluding carboxylic acids is 1. The van der Waals surface area contributed by atoms with E-state index in [0.29, 0.717) is 17.7 Å². The van der Waals surface area contributed by atoms with Crippen LogP contribution in [0.4, 0.5) is 8.78 Å². The average molecular weight is 328 g/mol. The molecule has 0 saturated carbocycles. The molecule has 0 aliphatic rings. The Labute approximate surface area is 136 Å². The van der Waals surface area contributed by atoms with Crippen LogP contribution in [0.1, 0.15) is 21.7 Å². The van der Waals surface area contributed by atoms with Crippen LogP contribution >= 0.6 is 0 Å². The molecule has 1 aromatic heterocycles. The number of carbonyl (C=O) groups is 1. The lowest BCUT2D eigenvalue weighted by Crippen LogP contribution is -2.23. The number of H-pyrrole nitrogens is 1. The number of amides is 1. The molecule has 1 amide bonds. The lowest BCUT2D eigenvalue weighted by molar-refractivity contribution is 0.0949. The molecule has 0 bridgehead atoms. The van der Waals surface area contributed by atoms with Gasteiger partial charge in [0.25, 0.3) is 5.91 Å². The van der Waals surface area contributed by atoms with Crippen LogP contribution in [0.25, 0.3) is 11.4 Å². The van der Waals surface area contributed by atoms with Crippen LogP contribution in [0.15, 0.2) is 42.5 Å². The van der Waals surface area contributed by atoms with Crippen molar-refractivity contribution >= 4 is 5.91 Å². The van der Waals surface area contributed by atoms with Gasteiger partial charge < -0.3 is 5.32 Å². The van der Waals surface area contributed by atoms with Gasteiger partial charge in [0.15, 0.2) is 5.82 Å². The smallest absolute Gasteiger partial charge is 0.251 e. The summed E-state index contributed by atoms with van der Waals surface area (Å²) in [4.78, 5) is 16.2. The monoisotopic (exact) mass is 328 g/mol. The third-order valence-corrected chi connectivity index (χ3v) is 3.38. The molecular weight excluding hydrogens is 314 g/mol. The average Bonchev–Trinajstić information content (AvgIpc) is 3.01. The highest BCUT2D eigenvalue weighted by Gasteiger charge is 2.11. The minimum absolute atomic E-state index is 0.0653. The van der Waals surface area contributed by atoms with Gasteiger partial charge in [-0.25, -0.2) is 13.8 Å². The van der Waals surface area contributed by atoms with E-state index >= 15 is 0 Å². The lowest BCUT2D eigenvalue weighted by Gasteiger charge is -2.03. The predicted octanol–water partition coefficient (Wildman–Crippen LogP) is 2.99. The minimum atomic E-state index is -0.804. The summed E-state index contributed by atoms with van der Waals surface area (Å²) in [5.41, 5.74) is 1.89. The van der Waals surface area contributed by atoms with Crippen molar-refractivity contribution in [2.45, 2.75) is 13.5 Å². The number of aromatic amines is 1. The van der Waals surface area contributed by atoms with Gasteiger partial charge in [0, 0.05) is 17.2 Å². The van der Waals surface area contributed by atoms with Crippen LogP contribution < -0.4 is 5.32 Å². The molecule has 0 saturated heterocycles. The molecule has 5 nitrogen and oxygen atoms in total. The van der Waals surface area contributed by atoms with Gasteiger partial charge in [-0.2, -0.15) is 5.10 Å². The molecule has 2 aromatic carbocycles. The van der Waals surface area contributed by atoms with Gasteiger partial charge in [-0.15, -0.1) is 0 Å². The first-order chi connectivity index (χ1) is 11.5. The molecule has 3 aromatic rings. The summed E-state index contributed by atoms with van der Waals surface area (Å²) in [6.07, 6.45) is 0. The first-order valence-electron chi connectivity index (χ1n) is 7.24. The van der Waals surface area contributed by atoms with Crippen molar-refractivity contribution in [1.29, 1.82) is 0 Å². The van der Waals surface area contributed by atoms with E-state index < -0.39 is 17.5 Å². The van der Waals surface area contributed by atoms with Crippen LogP contribution in [-0.4, -0.2) is 21.1 Å². The normalized spacial score (nSPS) is 10.6. The van der Waals surface area contributed by atoms with Crippen LogP contribution in [0.3, 0.4) is 0 Å². The number of aromatic nitrogens is 3. The number of aryl methyl sites for hydroxylation is 1. The van der Waals surface area contributed by atoms with Crippen molar-refractivity contribution in [3.05, 3.63) is 71.1 Å². The van der Waals surface area contributed by atoms with Crippen molar-refractivity contribution in [1.82, 2.24) is 20.5 Å². The minimum Gasteiger partial charge on any atom is -0.345 e. The molecule has 7 heteroatoms. The molecular formula is C17H14F2N4O. The number of hydrogen-bond donors (Lipinski definition) is 2. The van der Waals surface area contributed by atoms with E-state index in [0.717, 1.165) is 23.3 Å². The zero-order valence-electron chi connectivity index (χ0n) is 12.8. The van der Waals surface area contributed by atoms with E-state index in [4.69, 9.17) is 0 Å². The Morgan fingerprint density at radius 2 is 1.79 bits per heavy atom. The van der Waals surface area contributed by atoms with E-state index in [-0.39, 0.29) is 12.1 Å². The third-order valence-electron chi connectivity index (χ3n) is 3.38. The van der Waals surface area contributed by atoms with Crippen molar-refractivity contribution in [3.8, 4) is 11.4 Å². The van der Waals surface area contributed by atoms with Crippen LogP contribution in [0.5, 0.6) is 0 Å². The Bertz CT molecular complexity index is 854. The maximum absolute atomic E-state index is 13.1. The van der Waals surface area contributed by atoms with Gasteiger partial charge in [-0.1, -0.05) is 29.8 Å². The maximum Gasteiger partial charge on any atom is 0.251 e. The van der Waals surface area contributed by atoms with Crippen molar-refractivity contribution in [2.24, 2.45) is 0 Å². The van der Waals surface area contributed by atoms with E-state index in [2.05, 4.69) is 20.5 Å². The Morgan fingerprint density at radius 1 is 1.12 bits per heavy atom. The molecule has 3 rings (SSSR count). The highest BCUT2D eigenvalue weighted by Crippen LogP contribution is 2.15. The van der Waals surface area contributed by atoms with Crippen LogP contribution in [0, 0.1) is 18.6 Å². The van der Waals surface area contributed by atoms with E-state index in [1.54, 1.807) is 0 Å². The predicted molar refractivity (Wildman–Crippen MR) is 84.1 cm³/mol. The summed E-state index contributed by atoms with van der Waals surface area (Å²) >= 11 is 0. The summed E-state index contributed by atoms with van der Waals surface area (Å²) in [7, 11) is 0. The second kappa shape index (κ2) is 6.57. The summed E-state index contributed by atoms with van der Waals surface area (Å²) in [6.45, 7) is 2.05. The van der Waals surface area contributed by atoms with Gasteiger partial charge in [0.1, 0.15) is 17.5 Å². The van der Waals surface area contributed by atoms with E-state index in [9.17, 15) is 13.6 Å². The first-order valence-corrected chi connectivity index (χ1v) is 7.24.